The predicted molar refractivity (Wildman–Crippen MR) is 70.9 cm³/mol. The van der Waals surface area contributed by atoms with Crippen molar-refractivity contribution in [2.45, 2.75) is 18.1 Å². The van der Waals surface area contributed by atoms with Gasteiger partial charge in [-0.1, -0.05) is 0 Å². The van der Waals surface area contributed by atoms with Gasteiger partial charge in [0.25, 0.3) is 15.0 Å². The summed E-state index contributed by atoms with van der Waals surface area (Å²) in [7, 11) is 1.47. The van der Waals surface area contributed by atoms with E-state index in [0.717, 1.165) is 11.3 Å². The zero-order valence-electron chi connectivity index (χ0n) is 10.0. The minimum Gasteiger partial charge on any atom is -0.380 e. The van der Waals surface area contributed by atoms with Crippen LogP contribution in [0.2, 0.25) is 0 Å². The molecule has 1 rings (SSSR count). The highest BCUT2D eigenvalue weighted by Gasteiger charge is 2.21. The van der Waals surface area contributed by atoms with E-state index in [4.69, 9.17) is 15.4 Å². The molecule has 0 aliphatic carbocycles. The molecular formula is C10H14ClNO4S2. The molecule has 1 aromatic heterocycles. The number of rotatable bonds is 6. The summed E-state index contributed by atoms with van der Waals surface area (Å²) in [4.78, 5) is 11.8. The molecule has 0 saturated heterocycles. The number of hydrogen-bond donors (Lipinski definition) is 1. The van der Waals surface area contributed by atoms with Crippen molar-refractivity contribution in [3.8, 4) is 0 Å². The second-order valence-corrected chi connectivity index (χ2v) is 7.09. The first-order valence-corrected chi connectivity index (χ1v) is 8.45. The third-order valence-corrected chi connectivity index (χ3v) is 5.50. The van der Waals surface area contributed by atoms with Gasteiger partial charge in [-0.15, -0.1) is 11.3 Å². The van der Waals surface area contributed by atoms with E-state index in [1.54, 1.807) is 6.92 Å². The van der Waals surface area contributed by atoms with E-state index < -0.39 is 9.05 Å². The molecule has 0 unspecified atom stereocenters. The van der Waals surface area contributed by atoms with Crippen LogP contribution in [0.3, 0.4) is 0 Å². The van der Waals surface area contributed by atoms with E-state index in [2.05, 4.69) is 5.32 Å². The lowest BCUT2D eigenvalue weighted by molar-refractivity contribution is 0.0922. The van der Waals surface area contributed by atoms with Crippen LogP contribution < -0.4 is 5.32 Å². The monoisotopic (exact) mass is 311 g/mol. The van der Waals surface area contributed by atoms with Gasteiger partial charge in [-0.2, -0.15) is 0 Å². The second-order valence-electron chi connectivity index (χ2n) is 3.45. The maximum atomic E-state index is 11.8. The highest BCUT2D eigenvalue weighted by atomic mass is 35.7. The Hall–Kier alpha value is -0.630. The maximum absolute atomic E-state index is 11.8. The van der Waals surface area contributed by atoms with E-state index in [-0.39, 0.29) is 10.1 Å². The summed E-state index contributed by atoms with van der Waals surface area (Å²) in [5.74, 6) is -0.324. The standard InChI is InChI=1S/C10H14ClNO4S2/c1-3-16-5-4-12-9(13)8-6-17-10(7(8)2)18(11,14)15/h6H,3-5H2,1-2H3,(H,12,13). The summed E-state index contributed by atoms with van der Waals surface area (Å²) >= 11 is 0.943. The Balaban J connectivity index is 2.73. The number of halogens is 1. The first kappa shape index (κ1) is 15.4. The van der Waals surface area contributed by atoms with Crippen LogP contribution in [0, 0.1) is 6.92 Å². The Morgan fingerprint density at radius 3 is 2.72 bits per heavy atom. The minimum atomic E-state index is -3.79. The smallest absolute Gasteiger partial charge is 0.271 e. The van der Waals surface area contributed by atoms with Crippen molar-refractivity contribution < 1.29 is 17.9 Å². The number of carbonyl (C=O) groups is 1. The van der Waals surface area contributed by atoms with Gasteiger partial charge in [0, 0.05) is 29.2 Å². The van der Waals surface area contributed by atoms with Crippen LogP contribution in [-0.4, -0.2) is 34.1 Å². The summed E-state index contributed by atoms with van der Waals surface area (Å²) in [5, 5.41) is 4.13. The second kappa shape index (κ2) is 6.51. The lowest BCUT2D eigenvalue weighted by Gasteiger charge is -2.04. The molecule has 1 heterocycles. The molecule has 1 aromatic rings. The van der Waals surface area contributed by atoms with Gasteiger partial charge in [-0.25, -0.2) is 8.42 Å². The Morgan fingerprint density at radius 2 is 2.22 bits per heavy atom. The minimum absolute atomic E-state index is 0.0131. The summed E-state index contributed by atoms with van der Waals surface area (Å²) in [6.45, 7) is 4.81. The van der Waals surface area contributed by atoms with Crippen LogP contribution in [0.15, 0.2) is 9.59 Å². The fourth-order valence-electron chi connectivity index (χ4n) is 1.34. The molecule has 1 amide bonds. The maximum Gasteiger partial charge on any atom is 0.271 e. The number of ether oxygens (including phenoxy) is 1. The van der Waals surface area contributed by atoms with Crippen LogP contribution in [0.1, 0.15) is 22.8 Å². The van der Waals surface area contributed by atoms with E-state index >= 15 is 0 Å². The first-order chi connectivity index (χ1) is 8.38. The molecule has 1 N–H and O–H groups in total. The van der Waals surface area contributed by atoms with Crippen LogP contribution in [0.5, 0.6) is 0 Å². The average Bonchev–Trinajstić information content (AvgIpc) is 2.66. The van der Waals surface area contributed by atoms with Crippen molar-refractivity contribution in [2.75, 3.05) is 19.8 Å². The topological polar surface area (TPSA) is 72.5 Å². The van der Waals surface area contributed by atoms with Crippen LogP contribution in [0.4, 0.5) is 0 Å². The zero-order chi connectivity index (χ0) is 13.8. The van der Waals surface area contributed by atoms with E-state index in [1.807, 2.05) is 6.92 Å². The van der Waals surface area contributed by atoms with Gasteiger partial charge in [0.15, 0.2) is 0 Å². The normalized spacial score (nSPS) is 11.5. The van der Waals surface area contributed by atoms with Crippen molar-refractivity contribution in [1.82, 2.24) is 5.32 Å². The molecule has 18 heavy (non-hydrogen) atoms. The number of carbonyl (C=O) groups excluding carboxylic acids is 1. The molecule has 0 bridgehead atoms. The molecule has 0 fully saturated rings. The highest BCUT2D eigenvalue weighted by Crippen LogP contribution is 2.29. The van der Waals surface area contributed by atoms with Crippen LogP contribution in [-0.2, 0) is 13.8 Å². The Bertz CT molecular complexity index is 524. The fraction of sp³-hybridized carbons (Fsp3) is 0.500. The van der Waals surface area contributed by atoms with Gasteiger partial charge in [-0.3, -0.25) is 4.79 Å². The lowest BCUT2D eigenvalue weighted by atomic mass is 10.2. The van der Waals surface area contributed by atoms with Gasteiger partial charge < -0.3 is 10.1 Å². The molecule has 0 aliphatic rings. The SMILES string of the molecule is CCOCCNC(=O)c1csc(S(=O)(=O)Cl)c1C. The highest BCUT2D eigenvalue weighted by molar-refractivity contribution is 8.15. The van der Waals surface area contributed by atoms with E-state index in [9.17, 15) is 13.2 Å². The predicted octanol–water partition coefficient (Wildman–Crippen LogP) is 1.75. The summed E-state index contributed by atoms with van der Waals surface area (Å²) in [5.41, 5.74) is 0.708. The zero-order valence-corrected chi connectivity index (χ0v) is 12.4. The van der Waals surface area contributed by atoms with Gasteiger partial charge in [-0.05, 0) is 19.4 Å². The van der Waals surface area contributed by atoms with Gasteiger partial charge in [0.2, 0.25) is 0 Å². The van der Waals surface area contributed by atoms with Crippen molar-refractivity contribution >= 4 is 37.0 Å². The van der Waals surface area contributed by atoms with Crippen molar-refractivity contribution in [3.63, 3.8) is 0 Å². The number of hydrogen-bond acceptors (Lipinski definition) is 5. The lowest BCUT2D eigenvalue weighted by Crippen LogP contribution is -2.27. The molecule has 0 spiro atoms. The Labute approximate surface area is 115 Å². The molecule has 0 aliphatic heterocycles. The summed E-state index contributed by atoms with van der Waals surface area (Å²) in [6.07, 6.45) is 0. The van der Waals surface area contributed by atoms with Crippen molar-refractivity contribution in [1.29, 1.82) is 0 Å². The average molecular weight is 312 g/mol. The third kappa shape index (κ3) is 3.94. The molecular weight excluding hydrogens is 298 g/mol. The van der Waals surface area contributed by atoms with Crippen LogP contribution >= 0.6 is 22.0 Å². The molecule has 0 saturated carbocycles. The summed E-state index contributed by atoms with van der Waals surface area (Å²) < 4.78 is 27.5. The van der Waals surface area contributed by atoms with E-state index in [1.165, 1.54) is 5.38 Å². The molecule has 0 aromatic carbocycles. The third-order valence-electron chi connectivity index (χ3n) is 2.20. The van der Waals surface area contributed by atoms with Gasteiger partial charge >= 0.3 is 0 Å². The number of nitrogens with one attached hydrogen (secondary N) is 1. The first-order valence-electron chi connectivity index (χ1n) is 5.26. The molecule has 0 radical (unpaired) electrons. The van der Waals surface area contributed by atoms with Gasteiger partial charge in [0.1, 0.15) is 4.21 Å². The van der Waals surface area contributed by atoms with Crippen molar-refractivity contribution in [2.24, 2.45) is 0 Å². The molecule has 102 valence electrons. The van der Waals surface area contributed by atoms with E-state index in [0.29, 0.717) is 30.9 Å². The number of amides is 1. The van der Waals surface area contributed by atoms with Crippen molar-refractivity contribution in [3.05, 3.63) is 16.5 Å². The quantitative estimate of drug-likeness (QED) is 0.641. The summed E-state index contributed by atoms with van der Waals surface area (Å²) in [6, 6.07) is 0. The van der Waals surface area contributed by atoms with Crippen LogP contribution in [0.25, 0.3) is 0 Å². The molecule has 8 heteroatoms. The Kier molecular flexibility index (Phi) is 5.58. The van der Waals surface area contributed by atoms with Gasteiger partial charge in [0.05, 0.1) is 12.2 Å². The Morgan fingerprint density at radius 1 is 1.56 bits per heavy atom. The largest absolute Gasteiger partial charge is 0.380 e. The molecule has 0 atom stereocenters. The fourth-order valence-corrected chi connectivity index (χ4v) is 3.89. The number of thiophene rings is 1. The molecule has 5 nitrogen and oxygen atoms in total.